The minimum atomic E-state index is -0.648. The molecule has 9 N–H and O–H groups in total. The van der Waals surface area contributed by atoms with Crippen molar-refractivity contribution in [2.75, 3.05) is 0 Å². The number of hydrogen-bond acceptors (Lipinski definition) is 6. The summed E-state index contributed by atoms with van der Waals surface area (Å²) in [5.74, 6) is -0.115. The number of thioether (sulfide) groups is 1. The molecule has 0 aliphatic heterocycles. The molecule has 1 aromatic rings. The molecule has 1 rings (SSSR count). The van der Waals surface area contributed by atoms with E-state index in [4.69, 9.17) is 28.0 Å². The van der Waals surface area contributed by atoms with E-state index in [0.717, 1.165) is 11.8 Å². The van der Waals surface area contributed by atoms with Gasteiger partial charge in [-0.25, -0.2) is 9.98 Å². The number of aliphatic imine (C=N–C) groups is 1. The predicted molar refractivity (Wildman–Crippen MR) is 78.3 cm³/mol. The molecule has 1 aromatic heterocycles. The highest BCUT2D eigenvalue weighted by atomic mass is 35.5. The van der Waals surface area contributed by atoms with Gasteiger partial charge in [0.05, 0.1) is 11.2 Å². The predicted octanol–water partition coefficient (Wildman–Crippen LogP) is -0.0121. The third-order valence-electron chi connectivity index (χ3n) is 1.49. The van der Waals surface area contributed by atoms with Gasteiger partial charge in [0.25, 0.3) is 0 Å². The number of rotatable bonds is 3. The van der Waals surface area contributed by atoms with Crippen molar-refractivity contribution in [2.45, 2.75) is 6.17 Å². The first kappa shape index (κ1) is 16.5. The fourth-order valence-electron chi connectivity index (χ4n) is 0.942. The van der Waals surface area contributed by atoms with Crippen LogP contribution in [0.2, 0.25) is 0 Å². The number of thiazole rings is 1. The number of nitrogens with zero attached hydrogens (tertiary/aromatic N) is 2. The zero-order valence-electron chi connectivity index (χ0n) is 9.08. The van der Waals surface area contributed by atoms with Gasteiger partial charge in [-0.05, 0) is 11.8 Å². The van der Waals surface area contributed by atoms with Crippen molar-refractivity contribution in [3.63, 3.8) is 0 Å². The van der Waals surface area contributed by atoms with Crippen molar-refractivity contribution in [3.8, 4) is 0 Å². The van der Waals surface area contributed by atoms with Crippen LogP contribution in [-0.2, 0) is 0 Å². The van der Waals surface area contributed by atoms with Crippen molar-refractivity contribution >= 4 is 51.8 Å². The molecule has 0 amide bonds. The monoisotopic (exact) mass is 308 g/mol. The van der Waals surface area contributed by atoms with Crippen LogP contribution in [0.25, 0.3) is 0 Å². The van der Waals surface area contributed by atoms with Crippen LogP contribution < -0.4 is 22.5 Å². The van der Waals surface area contributed by atoms with Crippen molar-refractivity contribution in [3.05, 3.63) is 16.6 Å². The summed E-state index contributed by atoms with van der Waals surface area (Å²) in [6.07, 6.45) is -0.648. The first-order chi connectivity index (χ1) is 7.99. The molecule has 1 heterocycles. The van der Waals surface area contributed by atoms with Crippen molar-refractivity contribution < 1.29 is 0 Å². The molecule has 0 aromatic carbocycles. The van der Waals surface area contributed by atoms with Crippen molar-refractivity contribution in [1.82, 2.24) is 10.3 Å². The zero-order chi connectivity index (χ0) is 12.8. The maximum absolute atomic E-state index is 7.55. The summed E-state index contributed by atoms with van der Waals surface area (Å²) in [4.78, 5) is 7.96. The van der Waals surface area contributed by atoms with Crippen LogP contribution in [0.5, 0.6) is 0 Å². The van der Waals surface area contributed by atoms with E-state index < -0.39 is 6.17 Å². The van der Waals surface area contributed by atoms with Crippen molar-refractivity contribution in [1.29, 1.82) is 10.8 Å². The number of hydrogen-bond donors (Lipinski definition) is 6. The van der Waals surface area contributed by atoms with E-state index in [2.05, 4.69) is 15.3 Å². The molecule has 0 aliphatic carbocycles. The Hall–Kier alpha value is -1.52. The molecule has 100 valence electrons. The maximum atomic E-state index is 7.55. The smallest absolute Gasteiger partial charge is 0.188 e. The normalized spacial score (nSPS) is 10.9. The molecule has 0 saturated heterocycles. The number of nitrogens with two attached hydrogens (primary N) is 3. The molecule has 0 spiro atoms. The quantitative estimate of drug-likeness (QED) is 0.339. The van der Waals surface area contributed by atoms with Crippen LogP contribution >= 0.6 is 35.5 Å². The fourth-order valence-corrected chi connectivity index (χ4v) is 1.91. The molecule has 18 heavy (non-hydrogen) atoms. The standard InChI is InChI=1S/C7H12N8S2.ClH/c8-5(9)14-4(3-1-16-2-13-3)15-7(12)17-6(10)11;/h1-2,4H,(H3,10,11)(H2,12,15)(H4,8,9,14);1H. The van der Waals surface area contributed by atoms with Gasteiger partial charge in [-0.3, -0.25) is 10.8 Å². The minimum absolute atomic E-state index is 0. The number of amidine groups is 2. The second kappa shape index (κ2) is 7.74. The molecule has 1 atom stereocenters. The average Bonchev–Trinajstić information content (AvgIpc) is 2.66. The number of guanidine groups is 1. The van der Waals surface area contributed by atoms with Gasteiger partial charge in [0, 0.05) is 5.38 Å². The highest BCUT2D eigenvalue weighted by molar-refractivity contribution is 8.26. The first-order valence-electron chi connectivity index (χ1n) is 4.33. The largest absolute Gasteiger partial charge is 0.378 e. The minimum Gasteiger partial charge on any atom is -0.378 e. The second-order valence-corrected chi connectivity index (χ2v) is 4.58. The second-order valence-electron chi connectivity index (χ2n) is 2.81. The van der Waals surface area contributed by atoms with Gasteiger partial charge in [-0.1, -0.05) is 0 Å². The Morgan fingerprint density at radius 3 is 2.56 bits per heavy atom. The zero-order valence-corrected chi connectivity index (χ0v) is 11.5. The topological polar surface area (TPSA) is 163 Å². The van der Waals surface area contributed by atoms with E-state index in [1.165, 1.54) is 11.3 Å². The molecular formula is C7H13ClN8S2. The molecule has 0 fully saturated rings. The molecule has 0 saturated carbocycles. The van der Waals surface area contributed by atoms with E-state index in [9.17, 15) is 0 Å². The van der Waals surface area contributed by atoms with Crippen LogP contribution in [0.3, 0.4) is 0 Å². The SMILES string of the molecule is Cl.N=C(N)SC(=N)NC(N=C(N)N)c1cscn1. The first-order valence-corrected chi connectivity index (χ1v) is 6.08. The molecular weight excluding hydrogens is 296 g/mol. The summed E-state index contributed by atoms with van der Waals surface area (Å²) in [6, 6.07) is 0. The lowest BCUT2D eigenvalue weighted by Crippen LogP contribution is -2.31. The Labute approximate surface area is 118 Å². The summed E-state index contributed by atoms with van der Waals surface area (Å²) in [5, 5.41) is 18.8. The fraction of sp³-hybridized carbons (Fsp3) is 0.143. The van der Waals surface area contributed by atoms with Gasteiger partial charge in [-0.15, -0.1) is 23.7 Å². The van der Waals surface area contributed by atoms with Gasteiger partial charge in [0.1, 0.15) is 0 Å². The summed E-state index contributed by atoms with van der Waals surface area (Å²) in [7, 11) is 0. The molecule has 0 bridgehead atoms. The third-order valence-corrected chi connectivity index (χ3v) is 2.64. The van der Waals surface area contributed by atoms with Gasteiger partial charge in [-0.2, -0.15) is 0 Å². The molecule has 0 radical (unpaired) electrons. The Bertz CT molecular complexity index is 427. The van der Waals surface area contributed by atoms with E-state index in [-0.39, 0.29) is 28.7 Å². The molecule has 11 heteroatoms. The highest BCUT2D eigenvalue weighted by Crippen LogP contribution is 2.15. The van der Waals surface area contributed by atoms with Gasteiger partial charge in [0.15, 0.2) is 22.5 Å². The third kappa shape index (κ3) is 5.70. The van der Waals surface area contributed by atoms with E-state index in [0.29, 0.717) is 5.69 Å². The van der Waals surface area contributed by atoms with Crippen LogP contribution in [0.1, 0.15) is 11.9 Å². The molecule has 0 aliphatic rings. The lowest BCUT2D eigenvalue weighted by atomic mass is 10.4. The number of halogens is 1. The lowest BCUT2D eigenvalue weighted by Gasteiger charge is -2.13. The maximum Gasteiger partial charge on any atom is 0.188 e. The summed E-state index contributed by atoms with van der Waals surface area (Å²) in [5.41, 5.74) is 18.0. The van der Waals surface area contributed by atoms with Crippen LogP contribution in [-0.4, -0.2) is 21.3 Å². The van der Waals surface area contributed by atoms with Crippen LogP contribution in [0.4, 0.5) is 0 Å². The summed E-state index contributed by atoms with van der Waals surface area (Å²) in [6.45, 7) is 0. The van der Waals surface area contributed by atoms with Crippen LogP contribution in [0.15, 0.2) is 15.9 Å². The van der Waals surface area contributed by atoms with Gasteiger partial charge < -0.3 is 22.5 Å². The van der Waals surface area contributed by atoms with E-state index in [1.54, 1.807) is 10.9 Å². The highest BCUT2D eigenvalue weighted by Gasteiger charge is 2.14. The van der Waals surface area contributed by atoms with E-state index >= 15 is 0 Å². The number of aromatic nitrogens is 1. The van der Waals surface area contributed by atoms with E-state index in [1.807, 2.05) is 0 Å². The van der Waals surface area contributed by atoms with Gasteiger partial charge >= 0.3 is 0 Å². The summed E-state index contributed by atoms with van der Waals surface area (Å²) >= 11 is 2.15. The van der Waals surface area contributed by atoms with Gasteiger partial charge in [0.2, 0.25) is 0 Å². The Kier molecular flexibility index (Phi) is 7.08. The van der Waals surface area contributed by atoms with Crippen LogP contribution in [0, 0.1) is 10.8 Å². The molecule has 8 nitrogen and oxygen atoms in total. The Balaban J connectivity index is 0.00000289. The Morgan fingerprint density at radius 1 is 1.44 bits per heavy atom. The molecule has 1 unspecified atom stereocenters. The summed E-state index contributed by atoms with van der Waals surface area (Å²) < 4.78 is 0. The lowest BCUT2D eigenvalue weighted by molar-refractivity contribution is 0.668. The average molecular weight is 309 g/mol. The Morgan fingerprint density at radius 2 is 2.11 bits per heavy atom. The number of nitrogens with one attached hydrogen (secondary N) is 3. The van der Waals surface area contributed by atoms with Crippen molar-refractivity contribution in [2.24, 2.45) is 22.2 Å².